The molecule has 3 nitrogen and oxygen atoms in total. The largest absolute Gasteiger partial charge is 0.457 e. The van der Waals surface area contributed by atoms with Gasteiger partial charge in [0.05, 0.1) is 15.1 Å². The van der Waals surface area contributed by atoms with Crippen LogP contribution in [-0.4, -0.2) is 5.91 Å². The Morgan fingerprint density at radius 2 is 1.85 bits per heavy atom. The summed E-state index contributed by atoms with van der Waals surface area (Å²) in [6.45, 7) is 0. The third kappa shape index (κ3) is 4.28. The summed E-state index contributed by atoms with van der Waals surface area (Å²) in [5, 5.41) is 3.33. The molecule has 0 spiro atoms. The minimum Gasteiger partial charge on any atom is -0.457 e. The molecule has 0 radical (unpaired) electrons. The first-order chi connectivity index (χ1) is 12.4. The van der Waals surface area contributed by atoms with E-state index in [9.17, 15) is 9.18 Å². The van der Waals surface area contributed by atoms with Crippen molar-refractivity contribution in [1.29, 1.82) is 0 Å². The van der Waals surface area contributed by atoms with Gasteiger partial charge in [-0.2, -0.15) is 0 Å². The van der Waals surface area contributed by atoms with E-state index in [1.54, 1.807) is 30.3 Å². The summed E-state index contributed by atoms with van der Waals surface area (Å²) in [4.78, 5) is 11.9. The molecule has 1 heterocycles. The van der Waals surface area contributed by atoms with E-state index < -0.39 is 11.7 Å². The molecule has 0 aliphatic rings. The Labute approximate surface area is 164 Å². The van der Waals surface area contributed by atoms with Crippen LogP contribution >= 0.6 is 34.8 Å². The van der Waals surface area contributed by atoms with Gasteiger partial charge < -0.3 is 9.73 Å². The van der Waals surface area contributed by atoms with Gasteiger partial charge in [0.2, 0.25) is 5.91 Å². The smallest absolute Gasteiger partial charge is 0.248 e. The van der Waals surface area contributed by atoms with Crippen molar-refractivity contribution in [3.8, 4) is 11.3 Å². The van der Waals surface area contributed by atoms with Gasteiger partial charge in [-0.05, 0) is 48.5 Å². The maximum Gasteiger partial charge on any atom is 0.248 e. The van der Waals surface area contributed by atoms with Gasteiger partial charge in [0.15, 0.2) is 0 Å². The number of amides is 1. The highest BCUT2D eigenvalue weighted by Crippen LogP contribution is 2.34. The van der Waals surface area contributed by atoms with Gasteiger partial charge in [-0.25, -0.2) is 4.39 Å². The first-order valence-electron chi connectivity index (χ1n) is 7.42. The van der Waals surface area contributed by atoms with Crippen LogP contribution in [0, 0.1) is 5.82 Å². The van der Waals surface area contributed by atoms with Crippen molar-refractivity contribution in [2.75, 3.05) is 5.32 Å². The first kappa shape index (κ1) is 18.5. The standard InChI is InChI=1S/C19H11Cl3FNO2/c20-14-3-1-2-13(19(14)22)17-8-5-12(26-17)6-9-18(25)24-11-4-7-16(23)15(21)10-11/h1-10H,(H,24,25). The summed E-state index contributed by atoms with van der Waals surface area (Å²) < 4.78 is 18.8. The van der Waals surface area contributed by atoms with Crippen molar-refractivity contribution in [1.82, 2.24) is 0 Å². The molecule has 7 heteroatoms. The summed E-state index contributed by atoms with van der Waals surface area (Å²) in [5.41, 5.74) is 1.04. The number of nitrogens with one attached hydrogen (secondary N) is 1. The molecular formula is C19H11Cl3FNO2. The van der Waals surface area contributed by atoms with E-state index in [2.05, 4.69) is 5.32 Å². The van der Waals surface area contributed by atoms with Crippen molar-refractivity contribution in [3.05, 3.63) is 81.3 Å². The quantitative estimate of drug-likeness (QED) is 0.486. The Balaban J connectivity index is 1.71. The van der Waals surface area contributed by atoms with Crippen LogP contribution in [0.5, 0.6) is 0 Å². The summed E-state index contributed by atoms with van der Waals surface area (Å²) in [6, 6.07) is 12.6. The molecule has 0 unspecified atom stereocenters. The SMILES string of the molecule is O=C(C=Cc1ccc(-c2cccc(Cl)c2Cl)o1)Nc1ccc(F)c(Cl)c1. The van der Waals surface area contributed by atoms with E-state index in [0.717, 1.165) is 0 Å². The molecule has 0 fully saturated rings. The Kier molecular flexibility index (Phi) is 5.67. The number of rotatable bonds is 4. The van der Waals surface area contributed by atoms with Crippen LogP contribution in [0.25, 0.3) is 17.4 Å². The summed E-state index contributed by atoms with van der Waals surface area (Å²) in [6.07, 6.45) is 2.79. The fourth-order valence-electron chi connectivity index (χ4n) is 2.20. The summed E-state index contributed by atoms with van der Waals surface area (Å²) >= 11 is 17.8. The zero-order valence-electron chi connectivity index (χ0n) is 13.1. The lowest BCUT2D eigenvalue weighted by Crippen LogP contribution is -2.07. The molecular weight excluding hydrogens is 400 g/mol. The number of benzene rings is 2. The fourth-order valence-corrected chi connectivity index (χ4v) is 2.77. The van der Waals surface area contributed by atoms with Gasteiger partial charge in [-0.1, -0.05) is 40.9 Å². The summed E-state index contributed by atoms with van der Waals surface area (Å²) in [5.74, 6) is 0.0283. The molecule has 0 aliphatic carbocycles. The highest BCUT2D eigenvalue weighted by molar-refractivity contribution is 6.43. The number of carbonyl (C=O) groups excluding carboxylic acids is 1. The van der Waals surface area contributed by atoms with Crippen molar-refractivity contribution in [2.24, 2.45) is 0 Å². The van der Waals surface area contributed by atoms with E-state index in [1.165, 1.54) is 30.4 Å². The van der Waals surface area contributed by atoms with Gasteiger partial charge in [-0.15, -0.1) is 0 Å². The molecule has 3 aromatic rings. The predicted molar refractivity (Wildman–Crippen MR) is 103 cm³/mol. The van der Waals surface area contributed by atoms with Crippen LogP contribution in [0.1, 0.15) is 5.76 Å². The Bertz CT molecular complexity index is 998. The normalized spacial score (nSPS) is 11.1. The van der Waals surface area contributed by atoms with Crippen molar-refractivity contribution in [3.63, 3.8) is 0 Å². The van der Waals surface area contributed by atoms with Gasteiger partial charge >= 0.3 is 0 Å². The van der Waals surface area contributed by atoms with E-state index in [4.69, 9.17) is 39.2 Å². The molecule has 132 valence electrons. The number of halogens is 4. The van der Waals surface area contributed by atoms with Crippen LogP contribution in [0.3, 0.4) is 0 Å². The van der Waals surface area contributed by atoms with Crippen LogP contribution in [0.4, 0.5) is 10.1 Å². The average molecular weight is 411 g/mol. The fraction of sp³-hybridized carbons (Fsp3) is 0. The lowest BCUT2D eigenvalue weighted by Gasteiger charge is -2.03. The summed E-state index contributed by atoms with van der Waals surface area (Å²) in [7, 11) is 0. The van der Waals surface area contributed by atoms with E-state index >= 15 is 0 Å². The minimum absolute atomic E-state index is 0.0687. The zero-order chi connectivity index (χ0) is 18.7. The highest BCUT2D eigenvalue weighted by atomic mass is 35.5. The molecule has 3 rings (SSSR count). The second kappa shape index (κ2) is 7.96. The molecule has 0 bridgehead atoms. The molecule has 1 aromatic heterocycles. The van der Waals surface area contributed by atoms with Gasteiger partial charge in [0, 0.05) is 17.3 Å². The van der Waals surface area contributed by atoms with Crippen molar-refractivity contribution >= 4 is 52.5 Å². The maximum absolute atomic E-state index is 13.1. The molecule has 26 heavy (non-hydrogen) atoms. The molecule has 1 N–H and O–H groups in total. The Morgan fingerprint density at radius 1 is 1.04 bits per heavy atom. The van der Waals surface area contributed by atoms with Crippen LogP contribution < -0.4 is 5.32 Å². The van der Waals surface area contributed by atoms with Crippen molar-refractivity contribution < 1.29 is 13.6 Å². The lowest BCUT2D eigenvalue weighted by atomic mass is 10.2. The van der Waals surface area contributed by atoms with Crippen LogP contribution in [-0.2, 0) is 4.79 Å². The van der Waals surface area contributed by atoms with E-state index in [-0.39, 0.29) is 5.02 Å². The molecule has 1 amide bonds. The number of anilines is 1. The number of carbonyl (C=O) groups is 1. The van der Waals surface area contributed by atoms with Gasteiger partial charge in [0.1, 0.15) is 17.3 Å². The lowest BCUT2D eigenvalue weighted by molar-refractivity contribution is -0.111. The number of furan rings is 1. The molecule has 0 saturated heterocycles. The van der Waals surface area contributed by atoms with E-state index in [0.29, 0.717) is 32.8 Å². The average Bonchev–Trinajstić information content (AvgIpc) is 3.07. The molecule has 0 atom stereocenters. The first-order valence-corrected chi connectivity index (χ1v) is 8.56. The zero-order valence-corrected chi connectivity index (χ0v) is 15.4. The van der Waals surface area contributed by atoms with Crippen molar-refractivity contribution in [2.45, 2.75) is 0 Å². The Hall–Kier alpha value is -2.27. The predicted octanol–water partition coefficient (Wildman–Crippen LogP) is 6.70. The third-order valence-corrected chi connectivity index (χ3v) is 4.54. The van der Waals surface area contributed by atoms with E-state index in [1.807, 2.05) is 0 Å². The monoisotopic (exact) mass is 409 g/mol. The number of hydrogen-bond donors (Lipinski definition) is 1. The minimum atomic E-state index is -0.553. The topological polar surface area (TPSA) is 42.2 Å². The van der Waals surface area contributed by atoms with Crippen LogP contribution in [0.2, 0.25) is 15.1 Å². The highest BCUT2D eigenvalue weighted by Gasteiger charge is 2.10. The molecule has 0 saturated carbocycles. The van der Waals surface area contributed by atoms with Crippen LogP contribution in [0.15, 0.2) is 59.0 Å². The second-order valence-electron chi connectivity index (χ2n) is 5.25. The third-order valence-electron chi connectivity index (χ3n) is 3.43. The number of hydrogen-bond acceptors (Lipinski definition) is 2. The second-order valence-corrected chi connectivity index (χ2v) is 6.45. The van der Waals surface area contributed by atoms with Gasteiger partial charge in [-0.3, -0.25) is 4.79 Å². The molecule has 0 aliphatic heterocycles. The Morgan fingerprint density at radius 3 is 2.62 bits per heavy atom. The molecule has 2 aromatic carbocycles. The van der Waals surface area contributed by atoms with Gasteiger partial charge in [0.25, 0.3) is 0 Å². The maximum atomic E-state index is 13.1.